The van der Waals surface area contributed by atoms with Crippen LogP contribution in [0, 0.1) is 12.7 Å². The van der Waals surface area contributed by atoms with Crippen LogP contribution in [0.25, 0.3) is 22.5 Å². The minimum absolute atomic E-state index is 0.158. The Morgan fingerprint density at radius 1 is 1.34 bits per heavy atom. The lowest BCUT2D eigenvalue weighted by atomic mass is 9.95. The van der Waals surface area contributed by atoms with E-state index < -0.39 is 17.6 Å². The molecule has 1 aliphatic heterocycles. The van der Waals surface area contributed by atoms with Crippen molar-refractivity contribution in [2.75, 3.05) is 13.2 Å². The van der Waals surface area contributed by atoms with E-state index in [2.05, 4.69) is 15.5 Å². The van der Waals surface area contributed by atoms with Crippen molar-refractivity contribution in [3.8, 4) is 22.5 Å². The second kappa shape index (κ2) is 7.84. The number of hydrogen-bond acceptors (Lipinski definition) is 7. The van der Waals surface area contributed by atoms with E-state index in [1.807, 2.05) is 18.2 Å². The third-order valence-electron chi connectivity index (χ3n) is 5.62. The number of carbonyl (C=O) groups excluding carboxylic acids is 1. The van der Waals surface area contributed by atoms with E-state index in [9.17, 15) is 9.18 Å². The van der Waals surface area contributed by atoms with Crippen LogP contribution in [0.3, 0.4) is 0 Å². The summed E-state index contributed by atoms with van der Waals surface area (Å²) in [5.74, 6) is -0.0419. The normalized spacial score (nSPS) is 18.7. The topological polar surface area (TPSA) is 112 Å². The number of aromatic nitrogens is 2. The van der Waals surface area contributed by atoms with Gasteiger partial charge in [0.25, 0.3) is 0 Å². The van der Waals surface area contributed by atoms with Crippen molar-refractivity contribution >= 4 is 17.7 Å². The molecule has 0 saturated carbocycles. The van der Waals surface area contributed by atoms with Gasteiger partial charge in [0, 0.05) is 11.9 Å². The number of nitrogens with zero attached hydrogens (tertiary/aromatic N) is 2. The first-order valence-electron chi connectivity index (χ1n) is 10.1. The van der Waals surface area contributed by atoms with Crippen LogP contribution in [0.2, 0.25) is 5.02 Å². The number of aryl methyl sites for hydroxylation is 2. The molecule has 1 fully saturated rings. The lowest BCUT2D eigenvalue weighted by Gasteiger charge is -2.36. The molecule has 8 nitrogen and oxygen atoms in total. The highest BCUT2D eigenvalue weighted by Gasteiger charge is 2.39. The van der Waals surface area contributed by atoms with Gasteiger partial charge in [-0.25, -0.2) is 9.18 Å². The molecule has 2 aromatic carbocycles. The van der Waals surface area contributed by atoms with Crippen molar-refractivity contribution in [1.29, 1.82) is 0 Å². The predicted molar refractivity (Wildman–Crippen MR) is 113 cm³/mol. The van der Waals surface area contributed by atoms with Gasteiger partial charge in [0.1, 0.15) is 19.0 Å². The Hall–Kier alpha value is -3.01. The van der Waals surface area contributed by atoms with Gasteiger partial charge < -0.3 is 19.3 Å². The standard InChI is InChI=1S/C22H20ClFN4O4/c1-11-26-20(28-32-11)19-16(7-14(23)8-17(19)24)13-2-4-15-12(6-13)3-5-18(15)27-21(29)31-22(25)9-30-10-22/h2,4,6-8,18H,3,5,9-10,25H2,1H3,(H,27,29)/t18-/m0/s1. The monoisotopic (exact) mass is 458 g/mol. The van der Waals surface area contributed by atoms with Crippen LogP contribution >= 0.6 is 11.6 Å². The molecule has 0 radical (unpaired) electrons. The summed E-state index contributed by atoms with van der Waals surface area (Å²) in [6, 6.07) is 8.44. The number of carbonyl (C=O) groups is 1. The summed E-state index contributed by atoms with van der Waals surface area (Å²) in [4.78, 5) is 16.4. The van der Waals surface area contributed by atoms with E-state index in [-0.39, 0.29) is 35.7 Å². The van der Waals surface area contributed by atoms with Crippen molar-refractivity contribution in [2.24, 2.45) is 5.73 Å². The number of halogens is 2. The van der Waals surface area contributed by atoms with Crippen LogP contribution in [-0.4, -0.2) is 35.2 Å². The van der Waals surface area contributed by atoms with Crippen LogP contribution in [0.4, 0.5) is 9.18 Å². The van der Waals surface area contributed by atoms with Crippen molar-refractivity contribution in [3.05, 3.63) is 58.2 Å². The molecule has 0 bridgehead atoms. The Morgan fingerprint density at radius 2 is 2.16 bits per heavy atom. The molecule has 1 saturated heterocycles. The molecule has 1 aliphatic carbocycles. The fourth-order valence-electron chi connectivity index (χ4n) is 4.08. The maximum atomic E-state index is 14.9. The molecule has 32 heavy (non-hydrogen) atoms. The van der Waals surface area contributed by atoms with Gasteiger partial charge in [0.05, 0.1) is 11.6 Å². The minimum Gasteiger partial charge on any atom is -0.423 e. The Morgan fingerprint density at radius 3 is 2.84 bits per heavy atom. The summed E-state index contributed by atoms with van der Waals surface area (Å²) in [7, 11) is 0. The fraction of sp³-hybridized carbons (Fsp3) is 0.318. The average molecular weight is 459 g/mol. The van der Waals surface area contributed by atoms with Gasteiger partial charge in [0.15, 0.2) is 0 Å². The first-order chi connectivity index (χ1) is 15.3. The molecule has 3 N–H and O–H groups in total. The second-order valence-electron chi connectivity index (χ2n) is 8.04. The van der Waals surface area contributed by atoms with Gasteiger partial charge in [-0.1, -0.05) is 35.0 Å². The van der Waals surface area contributed by atoms with Crippen LogP contribution in [0.5, 0.6) is 0 Å². The molecule has 0 spiro atoms. The number of amides is 1. The lowest BCUT2D eigenvalue weighted by Crippen LogP contribution is -2.61. The Kier molecular flexibility index (Phi) is 5.11. The maximum Gasteiger partial charge on any atom is 0.409 e. The highest BCUT2D eigenvalue weighted by molar-refractivity contribution is 6.31. The smallest absolute Gasteiger partial charge is 0.409 e. The molecule has 2 aliphatic rings. The van der Waals surface area contributed by atoms with Gasteiger partial charge >= 0.3 is 6.09 Å². The summed E-state index contributed by atoms with van der Waals surface area (Å²) < 4.78 is 30.2. The molecule has 10 heteroatoms. The van der Waals surface area contributed by atoms with Crippen LogP contribution in [-0.2, 0) is 15.9 Å². The van der Waals surface area contributed by atoms with Crippen molar-refractivity contribution < 1.29 is 23.2 Å². The van der Waals surface area contributed by atoms with E-state index >= 15 is 0 Å². The highest BCUT2D eigenvalue weighted by atomic mass is 35.5. The zero-order valence-corrected chi connectivity index (χ0v) is 17.9. The molecule has 2 heterocycles. The number of rotatable bonds is 4. The number of nitrogens with one attached hydrogen (secondary N) is 1. The minimum atomic E-state index is -1.06. The fourth-order valence-corrected chi connectivity index (χ4v) is 4.29. The van der Waals surface area contributed by atoms with E-state index in [4.69, 9.17) is 31.3 Å². The quantitative estimate of drug-likeness (QED) is 0.570. The van der Waals surface area contributed by atoms with Crippen molar-refractivity contribution in [1.82, 2.24) is 15.5 Å². The number of alkyl carbamates (subject to hydrolysis) is 1. The van der Waals surface area contributed by atoms with Gasteiger partial charge in [-0.15, -0.1) is 0 Å². The predicted octanol–water partition coefficient (Wildman–Crippen LogP) is 3.90. The first kappa shape index (κ1) is 20.9. The van der Waals surface area contributed by atoms with Gasteiger partial charge in [0.2, 0.25) is 17.4 Å². The van der Waals surface area contributed by atoms with Crippen LogP contribution in [0.15, 0.2) is 34.9 Å². The molecular formula is C22H20ClFN4O4. The van der Waals surface area contributed by atoms with Crippen LogP contribution in [0.1, 0.15) is 29.5 Å². The Balaban J connectivity index is 1.44. The Labute approximate surface area is 187 Å². The van der Waals surface area contributed by atoms with E-state index in [0.717, 1.165) is 23.1 Å². The lowest BCUT2D eigenvalue weighted by molar-refractivity contribution is -0.174. The van der Waals surface area contributed by atoms with Gasteiger partial charge in [-0.3, -0.25) is 5.73 Å². The largest absolute Gasteiger partial charge is 0.423 e. The molecule has 166 valence electrons. The third-order valence-corrected chi connectivity index (χ3v) is 5.84. The highest BCUT2D eigenvalue weighted by Crippen LogP contribution is 2.39. The zero-order chi connectivity index (χ0) is 22.5. The molecule has 1 aromatic heterocycles. The average Bonchev–Trinajstić information content (AvgIpc) is 3.32. The molecule has 5 rings (SSSR count). The number of benzene rings is 2. The summed E-state index contributed by atoms with van der Waals surface area (Å²) >= 11 is 6.15. The van der Waals surface area contributed by atoms with E-state index in [1.165, 1.54) is 6.07 Å². The summed E-state index contributed by atoms with van der Waals surface area (Å²) in [5.41, 5.74) is 8.37. The van der Waals surface area contributed by atoms with E-state index in [0.29, 0.717) is 17.9 Å². The summed E-state index contributed by atoms with van der Waals surface area (Å²) in [5, 5.41) is 7.00. The molecule has 3 aromatic rings. The number of hydrogen-bond donors (Lipinski definition) is 2. The summed E-state index contributed by atoms with van der Waals surface area (Å²) in [6.45, 7) is 2.01. The zero-order valence-electron chi connectivity index (χ0n) is 17.2. The van der Waals surface area contributed by atoms with Crippen molar-refractivity contribution in [2.45, 2.75) is 31.5 Å². The first-order valence-corrected chi connectivity index (χ1v) is 10.5. The second-order valence-corrected chi connectivity index (χ2v) is 8.48. The SMILES string of the molecule is Cc1nc(-c2c(F)cc(Cl)cc2-c2ccc3c(c2)CC[C@@H]3NC(=O)OC2(N)COC2)no1. The third kappa shape index (κ3) is 3.83. The summed E-state index contributed by atoms with van der Waals surface area (Å²) in [6.07, 6.45) is 0.873. The number of nitrogens with two attached hydrogens (primary N) is 1. The number of ether oxygens (including phenoxy) is 2. The molecule has 0 unspecified atom stereocenters. The molecular weight excluding hydrogens is 439 g/mol. The van der Waals surface area contributed by atoms with E-state index in [1.54, 1.807) is 13.0 Å². The van der Waals surface area contributed by atoms with Gasteiger partial charge in [-0.05, 0) is 47.2 Å². The Bertz CT molecular complexity index is 1210. The maximum absolute atomic E-state index is 14.9. The van der Waals surface area contributed by atoms with Crippen molar-refractivity contribution in [3.63, 3.8) is 0 Å². The molecule has 1 atom stereocenters. The molecule has 1 amide bonds. The van der Waals surface area contributed by atoms with Crippen LogP contribution < -0.4 is 11.1 Å². The number of fused-ring (bicyclic) bond motifs is 1. The van der Waals surface area contributed by atoms with Gasteiger partial charge in [-0.2, -0.15) is 4.98 Å².